The highest BCUT2D eigenvalue weighted by Crippen LogP contribution is 2.35. The first kappa shape index (κ1) is 104. The van der Waals surface area contributed by atoms with Crippen molar-refractivity contribution in [2.75, 3.05) is 82.7 Å². The van der Waals surface area contributed by atoms with Gasteiger partial charge in [-0.15, -0.1) is 0 Å². The molecule has 0 radical (unpaired) electrons. The summed E-state index contributed by atoms with van der Waals surface area (Å²) in [5.74, 6) is -8.99. The maximum Gasteiger partial charge on any atom is 0.405 e. The second kappa shape index (κ2) is 50.3. The summed E-state index contributed by atoms with van der Waals surface area (Å²) in [4.78, 5) is 159. The largest absolute Gasteiger partial charge is 0.492 e. The van der Waals surface area contributed by atoms with E-state index in [1.54, 1.807) is 40.7 Å². The molecule has 0 aromatic rings. The first-order chi connectivity index (χ1) is 58.7. The fourth-order valence-corrected chi connectivity index (χ4v) is 14.9. The van der Waals surface area contributed by atoms with Gasteiger partial charge in [-0.1, -0.05) is 114 Å². The lowest BCUT2D eigenvalue weighted by molar-refractivity contribution is -0.121. The topological polar surface area (TPSA) is 557 Å². The molecule has 0 aromatic heterocycles. The van der Waals surface area contributed by atoms with Crippen molar-refractivity contribution in [1.29, 1.82) is 0 Å². The van der Waals surface area contributed by atoms with E-state index in [0.29, 0.717) is 0 Å². The molecule has 6 bridgehead atoms. The van der Waals surface area contributed by atoms with Crippen molar-refractivity contribution < 1.29 is 136 Å². The number of methoxy groups -OCH3 is 7. The molecule has 6 aliphatic rings. The molecule has 0 saturated heterocycles. The summed E-state index contributed by atoms with van der Waals surface area (Å²) in [6, 6.07) is 0. The van der Waals surface area contributed by atoms with Gasteiger partial charge in [0.2, 0.25) is 34.7 Å². The third-order valence-corrected chi connectivity index (χ3v) is 21.6. The van der Waals surface area contributed by atoms with Crippen LogP contribution >= 0.6 is 0 Å². The normalized spacial score (nSPS) is 32.2. The van der Waals surface area contributed by atoms with E-state index in [9.17, 15) is 88.2 Å². The van der Waals surface area contributed by atoms with Gasteiger partial charge in [0.25, 0.3) is 17.7 Å². The summed E-state index contributed by atoms with van der Waals surface area (Å²) in [7, 11) is 9.54. The Labute approximate surface area is 721 Å². The Bertz CT molecular complexity index is 4230. The van der Waals surface area contributed by atoms with E-state index in [4.69, 9.17) is 64.6 Å². The van der Waals surface area contributed by atoms with Crippen LogP contribution < -0.4 is 43.8 Å². The summed E-state index contributed by atoms with van der Waals surface area (Å²) in [5.41, 5.74) is 16.4. The molecule has 0 fully saturated rings. The lowest BCUT2D eigenvalue weighted by Crippen LogP contribution is -2.39. The maximum atomic E-state index is 14.4. The summed E-state index contributed by atoms with van der Waals surface area (Å²) < 4.78 is 54.9. The highest BCUT2D eigenvalue weighted by Gasteiger charge is 2.40. The number of amides is 6. The van der Waals surface area contributed by atoms with Crippen molar-refractivity contribution in [3.05, 3.63) is 176 Å². The number of nitrogens with two attached hydrogens (primary N) is 3. The van der Waals surface area contributed by atoms with Gasteiger partial charge in [0.1, 0.15) is 18.3 Å². The Kier molecular flexibility index (Phi) is 42.1. The van der Waals surface area contributed by atoms with Crippen molar-refractivity contribution in [2.45, 2.75) is 181 Å². The van der Waals surface area contributed by atoms with Crippen LogP contribution in [0.1, 0.15) is 107 Å². The molecule has 124 heavy (non-hydrogen) atoms. The first-order valence-electron chi connectivity index (χ1n) is 40.4. The fourth-order valence-electron chi connectivity index (χ4n) is 14.9. The highest BCUT2D eigenvalue weighted by molar-refractivity contribution is 6.25. The van der Waals surface area contributed by atoms with Crippen molar-refractivity contribution >= 4 is 70.7 Å². The number of ether oxygens (including phenoxy) is 10. The van der Waals surface area contributed by atoms with Gasteiger partial charge in [0.05, 0.1) is 92.0 Å². The predicted molar refractivity (Wildman–Crippen MR) is 450 cm³/mol. The number of rotatable bonds is 19. The zero-order valence-electron chi connectivity index (χ0n) is 72.9. The van der Waals surface area contributed by atoms with Gasteiger partial charge < -0.3 is 122 Å². The van der Waals surface area contributed by atoms with Crippen LogP contribution in [-0.2, 0) is 90.5 Å². The van der Waals surface area contributed by atoms with E-state index < -0.39 is 193 Å². The smallest absolute Gasteiger partial charge is 0.405 e. The molecular weight excluding hydrogens is 1620 g/mol. The van der Waals surface area contributed by atoms with Crippen LogP contribution in [0.15, 0.2) is 176 Å². The molecule has 3 aliphatic carbocycles. The number of ketones is 6. The van der Waals surface area contributed by atoms with E-state index in [1.807, 2.05) is 6.92 Å². The van der Waals surface area contributed by atoms with Crippen LogP contribution in [0.5, 0.6) is 0 Å². The van der Waals surface area contributed by atoms with Crippen molar-refractivity contribution in [1.82, 2.24) is 26.6 Å². The van der Waals surface area contributed by atoms with E-state index in [2.05, 4.69) is 26.6 Å². The Hall–Kier alpha value is -10.7. The monoisotopic (exact) mass is 1740 g/mol. The van der Waals surface area contributed by atoms with Crippen molar-refractivity contribution in [3.63, 3.8) is 0 Å². The molecule has 17 N–H and O–H groups in total. The lowest BCUT2D eigenvalue weighted by Gasteiger charge is -2.30. The molecule has 18 atom stereocenters. The van der Waals surface area contributed by atoms with E-state index >= 15 is 0 Å². The number of fused-ring (bicyclic) bond motifs is 6. The standard InChI is InChI=1S/C59H82N6O18.C29H40N2O10/c1-30-20-38-48(42(68)26-40(52(38)72)64-56(74)32(3)14-11-16-44(78-7)54(82-58(60)76)36(28-66)24-34(5)50(70)46(22-30)80-9)62-18-13-19-63-49-39-21-31(2)23-47(81-10)51(71)35(6)25-37(29-67)55(83-59(61)77)45(79-8)17-12-15-33(4)57(75)65-41(53(39)73)27-43(49)69;1-15-10-19-25(35)20(13-21(33)27(19)40-6)31-28(36)16(2)8-7-9-22(38-4)26(41-29(30)37)18(14-32)12-17(3)24(34)23(11-15)39-5/h11-12,14-17,24-27,30-31,34-35,44-47,50-51,54-55,62-63,66-67,70-71H,13,18-23,28-29H2,1-10H3,(H2,60,76)(H2,61,77)(H,64,74)(H,65,75);7-9,12-13,15,17,22-24,26,32,34H,10-11,14H2,1-6H3,(H2,30,37)(H,31,36)/b16-11-,17-12-,32-14+,33-15+,36-24+,37-25+;9-7-,16-8+,18-12+/t30-,31-,34+,35+,44+,45+,46+,47+,50-,51-,54+,55+;15-,17+,22+,23+,24-,26+/m11/s1. The number of carbonyl (C=O) groups excluding carboxylic acids is 12. The number of Topliss-reactive ketones (excluding diaryl/α,β-unsaturated/α-hetero) is 3. The molecule has 0 unspecified atom stereocenters. The molecular formula is C88H122N8O28. The van der Waals surface area contributed by atoms with Gasteiger partial charge >= 0.3 is 18.3 Å². The molecule has 0 aromatic carbocycles. The van der Waals surface area contributed by atoms with Crippen LogP contribution in [-0.4, -0.2) is 257 Å². The van der Waals surface area contributed by atoms with Crippen LogP contribution in [0.2, 0.25) is 0 Å². The second-order valence-electron chi connectivity index (χ2n) is 31.1. The number of aliphatic hydroxyl groups is 6. The molecule has 0 saturated carbocycles. The number of carbonyl (C=O) groups is 12. The minimum absolute atomic E-state index is 0.0259. The van der Waals surface area contributed by atoms with Gasteiger partial charge in [-0.25, -0.2) is 14.4 Å². The molecule has 6 rings (SSSR count). The van der Waals surface area contributed by atoms with Gasteiger partial charge in [-0.05, 0) is 100 Å². The number of allylic oxidation sites excluding steroid dienone is 12. The van der Waals surface area contributed by atoms with Crippen molar-refractivity contribution in [3.8, 4) is 0 Å². The van der Waals surface area contributed by atoms with Crippen LogP contribution in [0.4, 0.5) is 14.4 Å². The average molecular weight is 1740 g/mol. The molecule has 0 spiro atoms. The van der Waals surface area contributed by atoms with Gasteiger partial charge in [-0.3, -0.25) is 43.2 Å². The second-order valence-corrected chi connectivity index (χ2v) is 31.1. The first-order valence-corrected chi connectivity index (χ1v) is 40.4. The lowest BCUT2D eigenvalue weighted by atomic mass is 9.85. The zero-order chi connectivity index (χ0) is 92.7. The molecule has 3 aliphatic heterocycles. The van der Waals surface area contributed by atoms with E-state index in [-0.39, 0.29) is 148 Å². The van der Waals surface area contributed by atoms with Gasteiger partial charge in [0.15, 0.2) is 24.1 Å². The molecule has 36 nitrogen and oxygen atoms in total. The van der Waals surface area contributed by atoms with Crippen LogP contribution in [0.25, 0.3) is 0 Å². The molecule has 6 amide bonds. The fraction of sp³-hybridized carbons (Fsp3) is 0.523. The Morgan fingerprint density at radius 1 is 0.419 bits per heavy atom. The highest BCUT2D eigenvalue weighted by atomic mass is 16.6. The number of hydrogen-bond acceptors (Lipinski definition) is 30. The zero-order valence-corrected chi connectivity index (χ0v) is 72.9. The minimum atomic E-state index is -1.24. The van der Waals surface area contributed by atoms with Gasteiger partial charge in [0, 0.05) is 125 Å². The molecule has 36 heteroatoms. The number of hydrogen-bond donors (Lipinski definition) is 14. The van der Waals surface area contributed by atoms with Crippen LogP contribution in [0.3, 0.4) is 0 Å². The number of primary amides is 3. The summed E-state index contributed by atoms with van der Waals surface area (Å²) in [6.45, 7) is 13.2. The summed E-state index contributed by atoms with van der Waals surface area (Å²) in [5, 5.41) is 79.2. The summed E-state index contributed by atoms with van der Waals surface area (Å²) >= 11 is 0. The quantitative estimate of drug-likeness (QED) is 0.0381. The van der Waals surface area contributed by atoms with Crippen molar-refractivity contribution in [2.24, 2.45) is 52.7 Å². The third-order valence-electron chi connectivity index (χ3n) is 21.6. The Balaban J connectivity index is 0.000000555. The van der Waals surface area contributed by atoms with E-state index in [0.717, 1.165) is 18.2 Å². The molecule has 682 valence electrons. The van der Waals surface area contributed by atoms with Gasteiger partial charge in [-0.2, -0.15) is 0 Å². The maximum absolute atomic E-state index is 14.4. The SMILES string of the molecule is COC1=C2C[C@@H](C)C[C@H](OC)[C@H](O)[C@@H](C)/C=C(\CO)[C@H](OC(N)=O)[C@@H](OC)/C=C\C=C(/C)C(=O)NC(=CC1=O)C2=O.CO[C@H]1/C=C\C=C(/C)C(=O)NC2=CC(=O)C(NCCCNC3=C4C[C@@H](C)C[C@H](OC)[C@H](O)[C@@H](C)/C=C(\CO)[C@H](OC(N)=O)[C@@H](OC)/C=C\C=C(/C)C(=O)NC(=CC3=O)C4=O)=C(C[C@@H](C)C[C@H](OC)[C@H](O)[C@@H](C)/C=C(\CO)[C@@H]1OC(N)=O)C2=O. The number of aliphatic hydroxyl groups excluding tert-OH is 6. The minimum Gasteiger partial charge on any atom is -0.492 e. The average Bonchev–Trinajstić information content (AvgIpc) is 0.838. The predicted octanol–water partition coefficient (Wildman–Crippen LogP) is 3.43. The van der Waals surface area contributed by atoms with E-state index in [1.165, 1.54) is 137 Å². The summed E-state index contributed by atoms with van der Waals surface area (Å²) in [6.07, 6.45) is 5.55. The third kappa shape index (κ3) is 29.2. The Morgan fingerprint density at radius 2 is 0.694 bits per heavy atom. The number of nitrogens with one attached hydrogen (secondary N) is 5. The molecule has 3 heterocycles. The Morgan fingerprint density at radius 3 is 0.952 bits per heavy atom. The van der Waals surface area contributed by atoms with Crippen LogP contribution in [0, 0.1) is 35.5 Å².